The van der Waals surface area contributed by atoms with E-state index in [1.54, 1.807) is 23.9 Å². The van der Waals surface area contributed by atoms with E-state index >= 15 is 0 Å². The predicted octanol–water partition coefficient (Wildman–Crippen LogP) is 3.80. The molecule has 6 heteroatoms. The molecule has 0 amide bonds. The average Bonchev–Trinajstić information content (AvgIpc) is 2.28. The second-order valence-electron chi connectivity index (χ2n) is 3.60. The Bertz CT molecular complexity index is 401. The maximum atomic E-state index is 10.9. The second-order valence-corrected chi connectivity index (χ2v) is 4.92. The zero-order chi connectivity index (χ0) is 12.8. The third-order valence-corrected chi connectivity index (χ3v) is 3.43. The van der Waals surface area contributed by atoms with Crippen molar-refractivity contribution in [1.82, 2.24) is 0 Å². The number of nitro groups is 1. The molecule has 0 fully saturated rings. The SMILES string of the molecule is CCC(CSC)Nc1cccc(Cl)c1[N+](=O)[O-]. The highest BCUT2D eigenvalue weighted by molar-refractivity contribution is 7.98. The van der Waals surface area contributed by atoms with Gasteiger partial charge >= 0.3 is 5.69 Å². The van der Waals surface area contributed by atoms with Gasteiger partial charge in [-0.25, -0.2) is 0 Å². The molecule has 0 spiro atoms. The van der Waals surface area contributed by atoms with Crippen LogP contribution in [0.15, 0.2) is 18.2 Å². The van der Waals surface area contributed by atoms with Crippen molar-refractivity contribution in [2.45, 2.75) is 19.4 Å². The molecule has 1 atom stereocenters. The molecule has 0 aliphatic heterocycles. The number of para-hydroxylation sites is 1. The van der Waals surface area contributed by atoms with E-state index in [9.17, 15) is 10.1 Å². The lowest BCUT2D eigenvalue weighted by molar-refractivity contribution is -0.383. The van der Waals surface area contributed by atoms with E-state index in [1.807, 2.05) is 13.2 Å². The molecule has 0 saturated carbocycles. The fourth-order valence-corrected chi connectivity index (χ4v) is 2.46. The van der Waals surface area contributed by atoms with Crippen LogP contribution in [0.1, 0.15) is 13.3 Å². The fourth-order valence-electron chi connectivity index (χ4n) is 1.50. The van der Waals surface area contributed by atoms with Crippen molar-refractivity contribution in [3.63, 3.8) is 0 Å². The van der Waals surface area contributed by atoms with Crippen LogP contribution in [0.25, 0.3) is 0 Å². The number of hydrogen-bond acceptors (Lipinski definition) is 4. The van der Waals surface area contributed by atoms with Crippen LogP contribution in [0.3, 0.4) is 0 Å². The normalized spacial score (nSPS) is 12.2. The second kappa shape index (κ2) is 6.71. The van der Waals surface area contributed by atoms with Crippen molar-refractivity contribution in [3.05, 3.63) is 33.3 Å². The Hall–Kier alpha value is -0.940. The van der Waals surface area contributed by atoms with Crippen molar-refractivity contribution >= 4 is 34.7 Å². The third-order valence-electron chi connectivity index (χ3n) is 2.39. The number of nitrogens with one attached hydrogen (secondary N) is 1. The standard InChI is InChI=1S/C11H15ClN2O2S/c1-3-8(7-17-2)13-10-6-4-5-9(12)11(10)14(15)16/h4-6,8,13H,3,7H2,1-2H3. The van der Waals surface area contributed by atoms with Gasteiger partial charge in [0.2, 0.25) is 0 Å². The molecule has 0 aliphatic carbocycles. The summed E-state index contributed by atoms with van der Waals surface area (Å²) in [6.45, 7) is 2.05. The molecular weight excluding hydrogens is 260 g/mol. The number of nitro benzene ring substituents is 1. The van der Waals surface area contributed by atoms with Gasteiger partial charge in [-0.2, -0.15) is 11.8 Å². The van der Waals surface area contributed by atoms with Crippen molar-refractivity contribution in [2.75, 3.05) is 17.3 Å². The van der Waals surface area contributed by atoms with Crippen LogP contribution in [-0.2, 0) is 0 Å². The number of halogens is 1. The minimum Gasteiger partial charge on any atom is -0.376 e. The quantitative estimate of drug-likeness (QED) is 0.633. The molecule has 0 aliphatic rings. The summed E-state index contributed by atoms with van der Waals surface area (Å²) in [4.78, 5) is 10.5. The van der Waals surface area contributed by atoms with Gasteiger partial charge in [0.1, 0.15) is 10.7 Å². The van der Waals surface area contributed by atoms with E-state index in [-0.39, 0.29) is 16.8 Å². The van der Waals surface area contributed by atoms with Crippen LogP contribution in [-0.4, -0.2) is 23.0 Å². The first-order valence-corrected chi connectivity index (χ1v) is 7.05. The minimum atomic E-state index is -0.448. The van der Waals surface area contributed by atoms with Crippen LogP contribution >= 0.6 is 23.4 Å². The van der Waals surface area contributed by atoms with E-state index in [1.165, 1.54) is 6.07 Å². The maximum Gasteiger partial charge on any atom is 0.310 e. The summed E-state index contributed by atoms with van der Waals surface area (Å²) in [7, 11) is 0. The lowest BCUT2D eigenvalue weighted by Gasteiger charge is -2.17. The molecule has 94 valence electrons. The van der Waals surface area contributed by atoms with Crippen LogP contribution < -0.4 is 5.32 Å². The molecule has 17 heavy (non-hydrogen) atoms. The van der Waals surface area contributed by atoms with Gasteiger partial charge in [0.05, 0.1) is 4.92 Å². The van der Waals surface area contributed by atoms with Crippen LogP contribution in [0.4, 0.5) is 11.4 Å². The summed E-state index contributed by atoms with van der Waals surface area (Å²) >= 11 is 7.55. The number of nitrogens with zero attached hydrogens (tertiary/aromatic N) is 1. The number of hydrogen-bond donors (Lipinski definition) is 1. The molecule has 0 saturated heterocycles. The van der Waals surface area contributed by atoms with Crippen molar-refractivity contribution < 1.29 is 4.92 Å². The first-order chi connectivity index (χ1) is 8.10. The number of thioether (sulfide) groups is 1. The van der Waals surface area contributed by atoms with Gasteiger partial charge in [-0.05, 0) is 24.8 Å². The molecule has 1 N–H and O–H groups in total. The maximum absolute atomic E-state index is 10.9. The van der Waals surface area contributed by atoms with Gasteiger partial charge in [-0.15, -0.1) is 0 Å². The summed E-state index contributed by atoms with van der Waals surface area (Å²) in [6, 6.07) is 5.14. The van der Waals surface area contributed by atoms with Gasteiger partial charge in [0.25, 0.3) is 0 Å². The van der Waals surface area contributed by atoms with Gasteiger partial charge in [-0.1, -0.05) is 24.6 Å². The summed E-state index contributed by atoms with van der Waals surface area (Å²) < 4.78 is 0. The number of rotatable bonds is 6. The average molecular weight is 275 g/mol. The molecule has 0 heterocycles. The van der Waals surface area contributed by atoms with E-state index in [0.717, 1.165) is 12.2 Å². The number of anilines is 1. The molecule has 1 aromatic rings. The molecule has 4 nitrogen and oxygen atoms in total. The van der Waals surface area contributed by atoms with E-state index in [2.05, 4.69) is 5.32 Å². The summed E-state index contributed by atoms with van der Waals surface area (Å²) in [5, 5.41) is 14.3. The summed E-state index contributed by atoms with van der Waals surface area (Å²) in [5.41, 5.74) is 0.442. The van der Waals surface area contributed by atoms with E-state index < -0.39 is 4.92 Å². The molecule has 0 bridgehead atoms. The van der Waals surface area contributed by atoms with Crippen LogP contribution in [0.2, 0.25) is 5.02 Å². The highest BCUT2D eigenvalue weighted by Gasteiger charge is 2.19. The number of benzene rings is 1. The lowest BCUT2D eigenvalue weighted by atomic mass is 10.2. The highest BCUT2D eigenvalue weighted by atomic mass is 35.5. The molecule has 0 radical (unpaired) electrons. The smallest absolute Gasteiger partial charge is 0.310 e. The van der Waals surface area contributed by atoms with Crippen molar-refractivity contribution in [1.29, 1.82) is 0 Å². The summed E-state index contributed by atoms with van der Waals surface area (Å²) in [6.07, 6.45) is 2.92. The first-order valence-electron chi connectivity index (χ1n) is 5.28. The Balaban J connectivity index is 2.97. The third kappa shape index (κ3) is 3.78. The largest absolute Gasteiger partial charge is 0.376 e. The van der Waals surface area contributed by atoms with Crippen LogP contribution in [0.5, 0.6) is 0 Å². The Morgan fingerprint density at radius 1 is 1.59 bits per heavy atom. The van der Waals surface area contributed by atoms with Gasteiger partial charge in [0, 0.05) is 11.8 Å². The zero-order valence-electron chi connectivity index (χ0n) is 9.77. The Morgan fingerprint density at radius 3 is 2.82 bits per heavy atom. The minimum absolute atomic E-state index is 0.0475. The van der Waals surface area contributed by atoms with Gasteiger partial charge < -0.3 is 5.32 Å². The first kappa shape index (κ1) is 14.1. The van der Waals surface area contributed by atoms with Crippen molar-refractivity contribution in [2.24, 2.45) is 0 Å². The fraction of sp³-hybridized carbons (Fsp3) is 0.455. The Kier molecular flexibility index (Phi) is 5.58. The molecular formula is C11H15ClN2O2S. The van der Waals surface area contributed by atoms with Gasteiger partial charge in [-0.3, -0.25) is 10.1 Å². The lowest BCUT2D eigenvalue weighted by Crippen LogP contribution is -2.21. The molecule has 1 aromatic carbocycles. The monoisotopic (exact) mass is 274 g/mol. The Morgan fingerprint density at radius 2 is 2.29 bits per heavy atom. The van der Waals surface area contributed by atoms with Gasteiger partial charge in [0.15, 0.2) is 0 Å². The van der Waals surface area contributed by atoms with E-state index in [4.69, 9.17) is 11.6 Å². The molecule has 0 aromatic heterocycles. The van der Waals surface area contributed by atoms with Crippen molar-refractivity contribution in [3.8, 4) is 0 Å². The molecule has 1 unspecified atom stereocenters. The Labute approximate surface area is 110 Å². The highest BCUT2D eigenvalue weighted by Crippen LogP contribution is 2.32. The summed E-state index contributed by atoms with van der Waals surface area (Å²) in [5.74, 6) is 0.903. The van der Waals surface area contributed by atoms with E-state index in [0.29, 0.717) is 5.69 Å². The predicted molar refractivity (Wildman–Crippen MR) is 74.2 cm³/mol. The van der Waals surface area contributed by atoms with Crippen LogP contribution in [0, 0.1) is 10.1 Å². The zero-order valence-corrected chi connectivity index (χ0v) is 11.3. The topological polar surface area (TPSA) is 55.2 Å². The molecule has 1 rings (SSSR count).